The van der Waals surface area contributed by atoms with Gasteiger partial charge >= 0.3 is 0 Å². The van der Waals surface area contributed by atoms with Crippen molar-refractivity contribution in [3.8, 4) is 5.69 Å². The number of nitrogens with one attached hydrogen (secondary N) is 2. The molecule has 2 N–H and O–H groups in total. The molecule has 1 aromatic carbocycles. The van der Waals surface area contributed by atoms with Gasteiger partial charge in [-0.05, 0) is 19.1 Å². The van der Waals surface area contributed by atoms with Crippen LogP contribution in [-0.2, 0) is 6.54 Å². The molecule has 0 fully saturated rings. The highest BCUT2D eigenvalue weighted by Gasteiger charge is 2.05. The van der Waals surface area contributed by atoms with Gasteiger partial charge in [-0.3, -0.25) is 0 Å². The van der Waals surface area contributed by atoms with Crippen molar-refractivity contribution in [2.24, 2.45) is 0 Å². The molecule has 0 spiro atoms. The van der Waals surface area contributed by atoms with Crippen LogP contribution in [0.1, 0.15) is 26.5 Å². The van der Waals surface area contributed by atoms with E-state index in [0.29, 0.717) is 12.1 Å². The first-order valence-electron chi connectivity index (χ1n) is 7.08. The summed E-state index contributed by atoms with van der Waals surface area (Å²) < 4.78 is 0. The molecule has 2 aromatic rings. The summed E-state index contributed by atoms with van der Waals surface area (Å²) in [7, 11) is 0. The van der Waals surface area contributed by atoms with Crippen LogP contribution in [-0.4, -0.2) is 33.6 Å². The maximum atomic E-state index is 4.47. The lowest BCUT2D eigenvalue weighted by Gasteiger charge is -2.15. The van der Waals surface area contributed by atoms with Gasteiger partial charge in [0, 0.05) is 25.2 Å². The maximum absolute atomic E-state index is 4.47. The number of rotatable bonds is 7. The number of hydrogen-bond acceptors (Lipinski definition) is 4. The summed E-state index contributed by atoms with van der Waals surface area (Å²) in [5.74, 6) is 0. The van der Waals surface area contributed by atoms with Crippen molar-refractivity contribution in [2.75, 3.05) is 6.54 Å². The summed E-state index contributed by atoms with van der Waals surface area (Å²) in [6, 6.07) is 10.8. The monoisotopic (exact) mass is 273 g/mol. The van der Waals surface area contributed by atoms with Crippen LogP contribution in [0.3, 0.4) is 0 Å². The highest BCUT2D eigenvalue weighted by molar-refractivity contribution is 5.28. The van der Waals surface area contributed by atoms with Gasteiger partial charge in [-0.2, -0.15) is 15.0 Å². The van der Waals surface area contributed by atoms with Gasteiger partial charge in [0.25, 0.3) is 0 Å². The maximum Gasteiger partial charge on any atom is 0.0969 e. The molecule has 2 rings (SSSR count). The van der Waals surface area contributed by atoms with Crippen molar-refractivity contribution in [2.45, 2.75) is 39.4 Å². The fourth-order valence-corrected chi connectivity index (χ4v) is 1.82. The fraction of sp³-hybridized carbons (Fsp3) is 0.467. The zero-order valence-electron chi connectivity index (χ0n) is 12.4. The molecule has 0 radical (unpaired) electrons. The van der Waals surface area contributed by atoms with Crippen molar-refractivity contribution in [1.29, 1.82) is 0 Å². The Morgan fingerprint density at radius 1 is 1.10 bits per heavy atom. The van der Waals surface area contributed by atoms with E-state index in [1.54, 1.807) is 4.80 Å². The van der Waals surface area contributed by atoms with Gasteiger partial charge in [0.1, 0.15) is 0 Å². The van der Waals surface area contributed by atoms with E-state index in [1.165, 1.54) is 0 Å². The van der Waals surface area contributed by atoms with Gasteiger partial charge in [0.2, 0.25) is 0 Å². The smallest absolute Gasteiger partial charge is 0.0969 e. The summed E-state index contributed by atoms with van der Waals surface area (Å²) in [6.45, 7) is 8.14. The third-order valence-electron chi connectivity index (χ3n) is 2.99. The summed E-state index contributed by atoms with van der Waals surface area (Å²) in [5.41, 5.74) is 1.93. The normalized spacial score (nSPS) is 12.8. The van der Waals surface area contributed by atoms with Gasteiger partial charge in [-0.15, -0.1) is 0 Å². The number of benzene rings is 1. The first kappa shape index (κ1) is 14.7. The molecule has 5 heteroatoms. The van der Waals surface area contributed by atoms with Gasteiger partial charge in [0.15, 0.2) is 0 Å². The van der Waals surface area contributed by atoms with Crippen LogP contribution in [0.15, 0.2) is 36.5 Å². The Balaban J connectivity index is 1.84. The van der Waals surface area contributed by atoms with Crippen LogP contribution in [0, 0.1) is 0 Å². The Kier molecular flexibility index (Phi) is 5.26. The predicted octanol–water partition coefficient (Wildman–Crippen LogP) is 1.74. The molecule has 1 unspecified atom stereocenters. The SMILES string of the molecule is CC(C)NCC(C)NCc1cnn(-c2ccccc2)n1. The largest absolute Gasteiger partial charge is 0.313 e. The quantitative estimate of drug-likeness (QED) is 0.807. The first-order valence-corrected chi connectivity index (χ1v) is 7.08. The minimum absolute atomic E-state index is 0.402. The zero-order chi connectivity index (χ0) is 14.4. The molecule has 0 bridgehead atoms. The van der Waals surface area contributed by atoms with Crippen molar-refractivity contribution in [1.82, 2.24) is 25.6 Å². The summed E-state index contributed by atoms with van der Waals surface area (Å²) in [4.78, 5) is 1.66. The van der Waals surface area contributed by atoms with E-state index in [-0.39, 0.29) is 0 Å². The topological polar surface area (TPSA) is 54.8 Å². The molecule has 1 heterocycles. The molecular weight excluding hydrogens is 250 g/mol. The summed E-state index contributed by atoms with van der Waals surface area (Å²) in [6.07, 6.45) is 1.81. The number of para-hydroxylation sites is 1. The lowest BCUT2D eigenvalue weighted by atomic mass is 10.3. The molecule has 0 saturated heterocycles. The van der Waals surface area contributed by atoms with Crippen molar-refractivity contribution >= 4 is 0 Å². The van der Waals surface area contributed by atoms with E-state index >= 15 is 0 Å². The molecule has 0 aliphatic heterocycles. The zero-order valence-corrected chi connectivity index (χ0v) is 12.4. The summed E-state index contributed by atoms with van der Waals surface area (Å²) >= 11 is 0. The standard InChI is InChI=1S/C15H23N5/c1-12(2)16-9-13(3)17-10-14-11-18-20(19-14)15-7-5-4-6-8-15/h4-8,11-13,16-17H,9-10H2,1-3H3. The molecule has 0 amide bonds. The van der Waals surface area contributed by atoms with Crippen LogP contribution in [0.2, 0.25) is 0 Å². The number of aromatic nitrogens is 3. The van der Waals surface area contributed by atoms with Crippen molar-refractivity contribution in [3.05, 3.63) is 42.2 Å². The molecule has 20 heavy (non-hydrogen) atoms. The van der Waals surface area contributed by atoms with E-state index < -0.39 is 0 Å². The predicted molar refractivity (Wildman–Crippen MR) is 80.8 cm³/mol. The Morgan fingerprint density at radius 2 is 1.85 bits per heavy atom. The molecule has 0 saturated carbocycles. The minimum Gasteiger partial charge on any atom is -0.313 e. The van der Waals surface area contributed by atoms with Gasteiger partial charge < -0.3 is 10.6 Å². The molecule has 0 aliphatic rings. The van der Waals surface area contributed by atoms with Gasteiger partial charge in [-0.25, -0.2) is 0 Å². The van der Waals surface area contributed by atoms with E-state index in [9.17, 15) is 0 Å². The first-order chi connectivity index (χ1) is 9.65. The molecule has 0 aliphatic carbocycles. The van der Waals surface area contributed by atoms with Gasteiger partial charge in [0.05, 0.1) is 17.6 Å². The van der Waals surface area contributed by atoms with Gasteiger partial charge in [-0.1, -0.05) is 32.0 Å². The van der Waals surface area contributed by atoms with Crippen LogP contribution >= 0.6 is 0 Å². The highest BCUT2D eigenvalue weighted by Crippen LogP contribution is 2.04. The van der Waals surface area contributed by atoms with E-state index in [4.69, 9.17) is 0 Å². The Labute approximate surface area is 120 Å². The average Bonchev–Trinajstić information content (AvgIpc) is 2.93. The van der Waals surface area contributed by atoms with Crippen LogP contribution in [0.25, 0.3) is 5.69 Å². The molecule has 1 aromatic heterocycles. The fourth-order valence-electron chi connectivity index (χ4n) is 1.82. The molecule has 1 atom stereocenters. The lowest BCUT2D eigenvalue weighted by molar-refractivity contribution is 0.471. The number of nitrogens with zero attached hydrogens (tertiary/aromatic N) is 3. The Bertz CT molecular complexity index is 506. The Hall–Kier alpha value is -1.72. The Morgan fingerprint density at radius 3 is 2.55 bits per heavy atom. The third kappa shape index (κ3) is 4.43. The van der Waals surface area contributed by atoms with Crippen LogP contribution in [0.5, 0.6) is 0 Å². The van der Waals surface area contributed by atoms with Crippen molar-refractivity contribution in [3.63, 3.8) is 0 Å². The summed E-state index contributed by atoms with van der Waals surface area (Å²) in [5, 5.41) is 15.6. The van der Waals surface area contributed by atoms with Crippen molar-refractivity contribution < 1.29 is 0 Å². The highest BCUT2D eigenvalue weighted by atomic mass is 15.5. The van der Waals surface area contributed by atoms with E-state index in [2.05, 4.69) is 41.6 Å². The van der Waals surface area contributed by atoms with Crippen LogP contribution < -0.4 is 10.6 Å². The molecule has 5 nitrogen and oxygen atoms in total. The average molecular weight is 273 g/mol. The lowest BCUT2D eigenvalue weighted by Crippen LogP contribution is -2.38. The second-order valence-electron chi connectivity index (χ2n) is 5.31. The second-order valence-corrected chi connectivity index (χ2v) is 5.31. The molecule has 108 valence electrons. The minimum atomic E-state index is 0.402. The van der Waals surface area contributed by atoms with Crippen LogP contribution in [0.4, 0.5) is 0 Å². The van der Waals surface area contributed by atoms with E-state index in [1.807, 2.05) is 36.5 Å². The number of hydrogen-bond donors (Lipinski definition) is 2. The third-order valence-corrected chi connectivity index (χ3v) is 2.99. The second kappa shape index (κ2) is 7.17. The van der Waals surface area contributed by atoms with E-state index in [0.717, 1.165) is 24.5 Å². The molecular formula is C15H23N5.